The molecule has 3 nitrogen and oxygen atoms in total. The van der Waals surface area contributed by atoms with Gasteiger partial charge in [-0.2, -0.15) is 0 Å². The van der Waals surface area contributed by atoms with Crippen LogP contribution in [0.3, 0.4) is 0 Å². The number of para-hydroxylation sites is 1. The number of benzene rings is 1. The predicted molar refractivity (Wildman–Crippen MR) is 58.8 cm³/mol. The van der Waals surface area contributed by atoms with Crippen LogP contribution in [-0.2, 0) is 6.54 Å². The summed E-state index contributed by atoms with van der Waals surface area (Å²) >= 11 is 3.28. The topological polar surface area (TPSA) is 35.1 Å². The third kappa shape index (κ3) is 1.84. The van der Waals surface area contributed by atoms with E-state index in [0.717, 1.165) is 11.8 Å². The Kier molecular flexibility index (Phi) is 2.90. The molecule has 0 aliphatic carbocycles. The third-order valence-corrected chi connectivity index (χ3v) is 2.72. The predicted octanol–water partition coefficient (Wildman–Crippen LogP) is 2.52. The molecule has 0 aliphatic rings. The molecule has 2 rings (SSSR count). The molecule has 0 aliphatic heterocycles. The summed E-state index contributed by atoms with van der Waals surface area (Å²) in [5.74, 6) is -1.00. The molecule has 15 heavy (non-hydrogen) atoms. The highest BCUT2D eigenvalue weighted by molar-refractivity contribution is 9.09. The van der Waals surface area contributed by atoms with Crippen LogP contribution >= 0.6 is 15.9 Å². The molecular formula is C10H9BrFNO2. The van der Waals surface area contributed by atoms with Crippen molar-refractivity contribution in [2.75, 3.05) is 5.33 Å². The summed E-state index contributed by atoms with van der Waals surface area (Å²) in [6.07, 6.45) is 0.797. The molecule has 80 valence electrons. The van der Waals surface area contributed by atoms with E-state index in [2.05, 4.69) is 15.9 Å². The second kappa shape index (κ2) is 4.18. The molecule has 0 bridgehead atoms. The molecule has 0 amide bonds. The van der Waals surface area contributed by atoms with Crippen LogP contribution in [0.15, 0.2) is 27.4 Å². The second-order valence-electron chi connectivity index (χ2n) is 3.15. The van der Waals surface area contributed by atoms with E-state index < -0.39 is 11.6 Å². The average molecular weight is 274 g/mol. The quantitative estimate of drug-likeness (QED) is 0.806. The first-order chi connectivity index (χ1) is 7.24. The van der Waals surface area contributed by atoms with Crippen molar-refractivity contribution < 1.29 is 8.81 Å². The Morgan fingerprint density at radius 1 is 1.47 bits per heavy atom. The lowest BCUT2D eigenvalue weighted by atomic mass is 10.3. The van der Waals surface area contributed by atoms with Gasteiger partial charge in [0.1, 0.15) is 0 Å². The number of oxazole rings is 1. The van der Waals surface area contributed by atoms with E-state index in [4.69, 9.17) is 4.42 Å². The normalized spacial score (nSPS) is 11.1. The van der Waals surface area contributed by atoms with Crippen LogP contribution in [0.25, 0.3) is 11.1 Å². The van der Waals surface area contributed by atoms with Crippen LogP contribution in [0.5, 0.6) is 0 Å². The lowest BCUT2D eigenvalue weighted by Crippen LogP contribution is -2.14. The molecule has 1 heterocycles. The zero-order valence-corrected chi connectivity index (χ0v) is 9.46. The number of halogens is 2. The van der Waals surface area contributed by atoms with Crippen molar-refractivity contribution >= 4 is 27.0 Å². The van der Waals surface area contributed by atoms with Crippen LogP contribution in [0.2, 0.25) is 0 Å². The molecule has 0 radical (unpaired) electrons. The molecule has 0 atom stereocenters. The molecule has 1 aromatic carbocycles. The number of aromatic nitrogens is 1. The minimum atomic E-state index is -0.504. The monoisotopic (exact) mass is 273 g/mol. The molecule has 0 fully saturated rings. The van der Waals surface area contributed by atoms with Gasteiger partial charge in [0.25, 0.3) is 0 Å². The molecule has 5 heteroatoms. The first-order valence-electron chi connectivity index (χ1n) is 4.58. The maximum Gasteiger partial charge on any atom is 0.420 e. The van der Waals surface area contributed by atoms with Crippen LogP contribution in [0.1, 0.15) is 6.42 Å². The number of aryl methyl sites for hydroxylation is 1. The van der Waals surface area contributed by atoms with Crippen molar-refractivity contribution in [3.63, 3.8) is 0 Å². The minimum absolute atomic E-state index is 0.0390. The highest BCUT2D eigenvalue weighted by atomic mass is 79.9. The fourth-order valence-electron chi connectivity index (χ4n) is 1.48. The maximum absolute atomic E-state index is 13.2. The second-order valence-corrected chi connectivity index (χ2v) is 3.94. The van der Waals surface area contributed by atoms with Gasteiger partial charge in [0.05, 0.1) is 5.52 Å². The molecule has 2 aromatic rings. The highest BCUT2D eigenvalue weighted by Crippen LogP contribution is 2.16. The summed E-state index contributed by atoms with van der Waals surface area (Å²) in [5.41, 5.74) is 0.554. The van der Waals surface area contributed by atoms with Gasteiger partial charge >= 0.3 is 5.76 Å². The molecular weight excluding hydrogens is 265 g/mol. The van der Waals surface area contributed by atoms with Gasteiger partial charge < -0.3 is 4.42 Å². The van der Waals surface area contributed by atoms with Crippen molar-refractivity contribution in [3.05, 3.63) is 34.6 Å². The molecule has 0 N–H and O–H groups in total. The standard InChI is InChI=1S/C10H9BrFNO2/c11-5-2-6-13-8-4-1-3-7(12)9(8)15-10(13)14/h1,3-4H,2,5-6H2. The first-order valence-corrected chi connectivity index (χ1v) is 5.70. The maximum atomic E-state index is 13.2. The summed E-state index contributed by atoms with van der Waals surface area (Å²) in [5, 5.41) is 0.793. The van der Waals surface area contributed by atoms with Gasteiger partial charge in [0.2, 0.25) is 0 Å². The lowest BCUT2D eigenvalue weighted by molar-refractivity contribution is 0.488. The van der Waals surface area contributed by atoms with Crippen LogP contribution in [0.4, 0.5) is 4.39 Å². The van der Waals surface area contributed by atoms with Gasteiger partial charge in [-0.15, -0.1) is 0 Å². The average Bonchev–Trinajstić information content (AvgIpc) is 2.54. The molecule has 0 saturated carbocycles. The Bertz CT molecular complexity index is 532. The smallest absolute Gasteiger partial charge is 0.405 e. The molecule has 0 saturated heterocycles. The Balaban J connectivity index is 2.58. The zero-order chi connectivity index (χ0) is 10.8. The first kappa shape index (κ1) is 10.4. The van der Waals surface area contributed by atoms with Crippen LogP contribution < -0.4 is 5.76 Å². The molecule has 1 aromatic heterocycles. The third-order valence-electron chi connectivity index (χ3n) is 2.16. The summed E-state index contributed by atoms with van der Waals surface area (Å²) in [4.78, 5) is 11.4. The summed E-state index contributed by atoms with van der Waals surface area (Å²) < 4.78 is 19.5. The van der Waals surface area contributed by atoms with E-state index in [1.54, 1.807) is 12.1 Å². The SMILES string of the molecule is O=c1oc2c(F)cccc2n1CCCBr. The fraction of sp³-hybridized carbons (Fsp3) is 0.300. The number of alkyl halides is 1. The van der Waals surface area contributed by atoms with Gasteiger partial charge in [-0.3, -0.25) is 4.57 Å². The lowest BCUT2D eigenvalue weighted by Gasteiger charge is -1.98. The van der Waals surface area contributed by atoms with E-state index in [0.29, 0.717) is 12.1 Å². The highest BCUT2D eigenvalue weighted by Gasteiger charge is 2.11. The van der Waals surface area contributed by atoms with Crippen molar-refractivity contribution in [2.45, 2.75) is 13.0 Å². The summed E-state index contributed by atoms with van der Waals surface area (Å²) in [6, 6.07) is 4.52. The van der Waals surface area contributed by atoms with Gasteiger partial charge in [-0.05, 0) is 18.6 Å². The van der Waals surface area contributed by atoms with E-state index in [1.807, 2.05) is 0 Å². The van der Waals surface area contributed by atoms with Crippen molar-refractivity contribution in [3.8, 4) is 0 Å². The van der Waals surface area contributed by atoms with Crippen molar-refractivity contribution in [2.24, 2.45) is 0 Å². The van der Waals surface area contributed by atoms with Crippen LogP contribution in [-0.4, -0.2) is 9.90 Å². The Labute approximate surface area is 93.6 Å². The Hall–Kier alpha value is -1.10. The zero-order valence-electron chi connectivity index (χ0n) is 7.87. The van der Waals surface area contributed by atoms with Crippen molar-refractivity contribution in [1.82, 2.24) is 4.57 Å². The number of nitrogens with zero attached hydrogens (tertiary/aromatic N) is 1. The van der Waals surface area contributed by atoms with Gasteiger partial charge in [-0.1, -0.05) is 22.0 Å². The number of fused-ring (bicyclic) bond motifs is 1. The number of rotatable bonds is 3. The molecule has 0 unspecified atom stereocenters. The summed E-state index contributed by atoms with van der Waals surface area (Å²) in [6.45, 7) is 0.528. The van der Waals surface area contributed by atoms with Gasteiger partial charge in [0, 0.05) is 11.9 Å². The molecule has 0 spiro atoms. The minimum Gasteiger partial charge on any atom is -0.405 e. The number of hydrogen-bond donors (Lipinski definition) is 0. The van der Waals surface area contributed by atoms with Gasteiger partial charge in [-0.25, -0.2) is 9.18 Å². The van der Waals surface area contributed by atoms with Gasteiger partial charge in [0.15, 0.2) is 11.4 Å². The van der Waals surface area contributed by atoms with E-state index in [1.165, 1.54) is 10.6 Å². The Morgan fingerprint density at radius 2 is 2.27 bits per heavy atom. The largest absolute Gasteiger partial charge is 0.420 e. The van der Waals surface area contributed by atoms with E-state index in [-0.39, 0.29) is 5.58 Å². The Morgan fingerprint density at radius 3 is 3.00 bits per heavy atom. The van der Waals surface area contributed by atoms with Crippen LogP contribution in [0, 0.1) is 5.82 Å². The van der Waals surface area contributed by atoms with Crippen molar-refractivity contribution in [1.29, 1.82) is 0 Å². The summed E-state index contributed by atoms with van der Waals surface area (Å²) in [7, 11) is 0. The number of hydrogen-bond acceptors (Lipinski definition) is 2. The van der Waals surface area contributed by atoms with E-state index >= 15 is 0 Å². The van der Waals surface area contributed by atoms with E-state index in [9.17, 15) is 9.18 Å². The fourth-order valence-corrected chi connectivity index (χ4v) is 1.73.